The van der Waals surface area contributed by atoms with E-state index in [2.05, 4.69) is 34.6 Å². The summed E-state index contributed by atoms with van der Waals surface area (Å²) in [6, 6.07) is -0.272. The Balaban J connectivity index is 3.31. The van der Waals surface area contributed by atoms with Crippen LogP contribution in [0.15, 0.2) is 12.7 Å². The molecule has 0 rings (SSSR count). The number of thiol groups is 1. The van der Waals surface area contributed by atoms with Crippen LogP contribution in [-0.4, -0.2) is 37.4 Å². The van der Waals surface area contributed by atoms with Crippen LogP contribution >= 0.6 is 12.6 Å². The maximum Gasteiger partial charge on any atom is 0.330 e. The Morgan fingerprint density at radius 2 is 2.00 bits per heavy atom. The minimum absolute atomic E-state index is 0.144. The van der Waals surface area contributed by atoms with E-state index >= 15 is 0 Å². The lowest BCUT2D eigenvalue weighted by Gasteiger charge is -2.06. The summed E-state index contributed by atoms with van der Waals surface area (Å²) in [5.74, 6) is 0.240. The molecule has 0 radical (unpaired) electrons. The van der Waals surface area contributed by atoms with E-state index < -0.39 is 5.97 Å². The van der Waals surface area contributed by atoms with Gasteiger partial charge in [0.2, 0.25) is 0 Å². The van der Waals surface area contributed by atoms with Crippen molar-refractivity contribution in [1.29, 1.82) is 0 Å². The number of rotatable bonds is 7. The third-order valence-corrected chi connectivity index (χ3v) is 1.74. The summed E-state index contributed by atoms with van der Waals surface area (Å²) in [5, 5.41) is 5.16. The van der Waals surface area contributed by atoms with Gasteiger partial charge < -0.3 is 15.4 Å². The number of hydrogen-bond donors (Lipinski definition) is 3. The van der Waals surface area contributed by atoms with Gasteiger partial charge in [-0.2, -0.15) is 12.6 Å². The summed E-state index contributed by atoms with van der Waals surface area (Å²) < 4.78 is 4.66. The molecule has 0 aliphatic heterocycles. The molecule has 2 N–H and O–H groups in total. The van der Waals surface area contributed by atoms with Gasteiger partial charge in [0.1, 0.15) is 6.61 Å². The second kappa shape index (κ2) is 9.39. The molecule has 0 aromatic carbocycles. The predicted molar refractivity (Wildman–Crippen MR) is 61.0 cm³/mol. The molecule has 0 bridgehead atoms. The van der Waals surface area contributed by atoms with Crippen LogP contribution in [0.3, 0.4) is 0 Å². The summed E-state index contributed by atoms with van der Waals surface area (Å²) in [6.45, 7) is 4.26. The van der Waals surface area contributed by atoms with Crippen LogP contribution in [0.2, 0.25) is 0 Å². The number of urea groups is 1. The van der Waals surface area contributed by atoms with Gasteiger partial charge in [0, 0.05) is 12.6 Å². The van der Waals surface area contributed by atoms with Gasteiger partial charge in [-0.15, -0.1) is 0 Å². The summed E-state index contributed by atoms with van der Waals surface area (Å²) >= 11 is 4.00. The third-order valence-electron chi connectivity index (χ3n) is 1.42. The number of nitrogens with one attached hydrogen (secondary N) is 2. The minimum atomic E-state index is -0.493. The maximum absolute atomic E-state index is 11.0. The Hall–Kier alpha value is -1.17. The fourth-order valence-corrected chi connectivity index (χ4v) is 0.877. The summed E-state index contributed by atoms with van der Waals surface area (Å²) in [5.41, 5.74) is 0. The first kappa shape index (κ1) is 13.8. The van der Waals surface area contributed by atoms with E-state index in [-0.39, 0.29) is 19.2 Å². The second-order valence-corrected chi connectivity index (χ2v) is 3.08. The molecule has 15 heavy (non-hydrogen) atoms. The lowest BCUT2D eigenvalue weighted by molar-refractivity contribution is -0.137. The molecule has 0 saturated heterocycles. The first-order chi connectivity index (χ1) is 7.20. The highest BCUT2D eigenvalue weighted by atomic mass is 32.1. The van der Waals surface area contributed by atoms with Crippen molar-refractivity contribution in [3.63, 3.8) is 0 Å². The fourth-order valence-electron chi connectivity index (χ4n) is 0.719. The van der Waals surface area contributed by atoms with Gasteiger partial charge in [0.25, 0.3) is 0 Å². The topological polar surface area (TPSA) is 67.4 Å². The highest BCUT2D eigenvalue weighted by Gasteiger charge is 1.99. The molecule has 0 fully saturated rings. The molecule has 0 aliphatic rings. The monoisotopic (exact) mass is 232 g/mol. The van der Waals surface area contributed by atoms with Crippen LogP contribution in [0.5, 0.6) is 0 Å². The zero-order valence-electron chi connectivity index (χ0n) is 8.49. The van der Waals surface area contributed by atoms with Crippen molar-refractivity contribution in [3.05, 3.63) is 12.7 Å². The number of carbonyl (C=O) groups excluding carboxylic acids is 2. The molecule has 5 nitrogen and oxygen atoms in total. The quantitative estimate of drug-likeness (QED) is 0.256. The third kappa shape index (κ3) is 9.14. The Morgan fingerprint density at radius 1 is 1.33 bits per heavy atom. The number of esters is 1. The molecule has 0 aromatic rings. The van der Waals surface area contributed by atoms with Crippen LogP contribution in [0.1, 0.15) is 6.42 Å². The van der Waals surface area contributed by atoms with Crippen molar-refractivity contribution in [3.8, 4) is 0 Å². The van der Waals surface area contributed by atoms with Crippen LogP contribution in [-0.2, 0) is 9.53 Å². The van der Waals surface area contributed by atoms with Crippen molar-refractivity contribution in [2.45, 2.75) is 6.42 Å². The van der Waals surface area contributed by atoms with Crippen LogP contribution in [0.4, 0.5) is 4.79 Å². The number of hydrogen-bond acceptors (Lipinski definition) is 4. The first-order valence-corrected chi connectivity index (χ1v) is 5.25. The first-order valence-electron chi connectivity index (χ1n) is 4.62. The molecule has 6 heteroatoms. The van der Waals surface area contributed by atoms with Gasteiger partial charge in [-0.25, -0.2) is 9.59 Å². The van der Waals surface area contributed by atoms with Gasteiger partial charge in [-0.05, 0) is 12.2 Å². The summed E-state index contributed by atoms with van der Waals surface area (Å²) in [4.78, 5) is 21.6. The second-order valence-electron chi connectivity index (χ2n) is 2.63. The molecule has 0 aliphatic carbocycles. The van der Waals surface area contributed by atoms with Gasteiger partial charge in [0.15, 0.2) is 0 Å². The van der Waals surface area contributed by atoms with Crippen LogP contribution < -0.4 is 10.6 Å². The molecule has 0 saturated carbocycles. The molecule has 0 aromatic heterocycles. The Bertz CT molecular complexity index is 221. The number of ether oxygens (including phenoxy) is 1. The fraction of sp³-hybridized carbons (Fsp3) is 0.556. The van der Waals surface area contributed by atoms with Gasteiger partial charge >= 0.3 is 12.0 Å². The Labute approximate surface area is 94.7 Å². The molecule has 86 valence electrons. The van der Waals surface area contributed by atoms with E-state index in [9.17, 15) is 9.59 Å². The molecule has 0 heterocycles. The van der Waals surface area contributed by atoms with E-state index in [1.165, 1.54) is 0 Å². The van der Waals surface area contributed by atoms with Crippen LogP contribution in [0, 0.1) is 0 Å². The van der Waals surface area contributed by atoms with Crippen molar-refractivity contribution in [2.75, 3.05) is 25.4 Å². The number of amides is 2. The highest BCUT2D eigenvalue weighted by molar-refractivity contribution is 7.80. The van der Waals surface area contributed by atoms with Crippen molar-refractivity contribution in [1.82, 2.24) is 10.6 Å². The molecular formula is C9H16N2O3S. The highest BCUT2D eigenvalue weighted by Crippen LogP contribution is 1.80. The van der Waals surface area contributed by atoms with Crippen molar-refractivity contribution >= 4 is 24.6 Å². The predicted octanol–water partition coefficient (Wildman–Crippen LogP) is 0.335. The van der Waals surface area contributed by atoms with Gasteiger partial charge in [0.05, 0.1) is 6.54 Å². The Kier molecular flexibility index (Phi) is 8.66. The molecule has 0 unspecified atom stereocenters. The summed E-state index contributed by atoms with van der Waals surface area (Å²) in [7, 11) is 0. The Morgan fingerprint density at radius 3 is 2.60 bits per heavy atom. The molecule has 2 amide bonds. The van der Waals surface area contributed by atoms with E-state index in [1.54, 1.807) is 0 Å². The van der Waals surface area contributed by atoms with Crippen molar-refractivity contribution in [2.24, 2.45) is 0 Å². The minimum Gasteiger partial charge on any atom is -0.461 e. The zero-order valence-corrected chi connectivity index (χ0v) is 9.39. The average Bonchev–Trinajstić information content (AvgIpc) is 2.24. The molecular weight excluding hydrogens is 216 g/mol. The van der Waals surface area contributed by atoms with E-state index in [0.29, 0.717) is 6.54 Å². The molecule has 0 spiro atoms. The lowest BCUT2D eigenvalue weighted by Crippen LogP contribution is -2.38. The average molecular weight is 232 g/mol. The van der Waals surface area contributed by atoms with E-state index in [1.807, 2.05) is 0 Å². The van der Waals surface area contributed by atoms with Gasteiger partial charge in [-0.3, -0.25) is 0 Å². The van der Waals surface area contributed by atoms with Crippen molar-refractivity contribution < 1.29 is 14.3 Å². The lowest BCUT2D eigenvalue weighted by atomic mass is 10.5. The van der Waals surface area contributed by atoms with E-state index in [0.717, 1.165) is 18.2 Å². The van der Waals surface area contributed by atoms with Gasteiger partial charge in [-0.1, -0.05) is 6.58 Å². The van der Waals surface area contributed by atoms with Crippen LogP contribution in [0.25, 0.3) is 0 Å². The maximum atomic E-state index is 11.0. The normalized spacial score (nSPS) is 9.13. The largest absolute Gasteiger partial charge is 0.461 e. The standard InChI is InChI=1S/C9H16N2O3S/c1-2-8(12)14-6-5-11-9(13)10-4-3-7-15/h2,15H,1,3-7H2,(H2,10,11,13). The number of carbonyl (C=O) groups is 2. The SMILES string of the molecule is C=CC(=O)OCCNC(=O)NCCCS. The zero-order chi connectivity index (χ0) is 11.5. The summed E-state index contributed by atoms with van der Waals surface area (Å²) in [6.07, 6.45) is 1.90. The van der Waals surface area contributed by atoms with E-state index in [4.69, 9.17) is 0 Å². The smallest absolute Gasteiger partial charge is 0.330 e. The molecule has 0 atom stereocenters.